The van der Waals surface area contributed by atoms with Gasteiger partial charge in [0.15, 0.2) is 4.96 Å². The van der Waals surface area contributed by atoms with Gasteiger partial charge in [0.1, 0.15) is 11.1 Å². The quantitative estimate of drug-likeness (QED) is 0.758. The van der Waals surface area contributed by atoms with Crippen LogP contribution in [-0.4, -0.2) is 37.8 Å². The first-order chi connectivity index (χ1) is 12.4. The van der Waals surface area contributed by atoms with E-state index in [-0.39, 0.29) is 5.56 Å². The zero-order chi connectivity index (χ0) is 18.5. The molecule has 2 fully saturated rings. The van der Waals surface area contributed by atoms with E-state index in [4.69, 9.17) is 0 Å². The molecule has 1 aliphatic heterocycles. The number of hydrogen-bond donors (Lipinski definition) is 2. The zero-order valence-corrected chi connectivity index (χ0v) is 14.8. The molecule has 2 aromatic rings. The third-order valence-electron chi connectivity index (χ3n) is 5.09. The van der Waals surface area contributed by atoms with E-state index in [1.54, 1.807) is 5.38 Å². The summed E-state index contributed by atoms with van der Waals surface area (Å²) < 4.78 is 1.25. The summed E-state index contributed by atoms with van der Waals surface area (Å²) in [6, 6.07) is -0.678. The number of hydrazine groups is 1. The molecule has 0 bridgehead atoms. The van der Waals surface area contributed by atoms with Crippen molar-refractivity contribution in [1.29, 1.82) is 0 Å². The number of fused-ring (bicyclic) bond motifs is 1. The number of nitrogens with zero attached hydrogens (tertiary/aromatic N) is 3. The molecule has 2 aromatic heterocycles. The minimum Gasteiger partial charge on any atom is -0.322 e. The van der Waals surface area contributed by atoms with Crippen molar-refractivity contribution in [3.63, 3.8) is 0 Å². The van der Waals surface area contributed by atoms with E-state index in [2.05, 4.69) is 22.7 Å². The first kappa shape index (κ1) is 16.7. The maximum atomic E-state index is 12.8. The van der Waals surface area contributed by atoms with Crippen molar-refractivity contribution in [1.82, 2.24) is 25.1 Å². The summed E-state index contributed by atoms with van der Waals surface area (Å²) in [4.78, 5) is 54.3. The molecule has 0 radical (unpaired) electrons. The number of carbonyl (C=O) groups is 3. The number of amides is 4. The number of imide groups is 1. The van der Waals surface area contributed by atoms with Crippen LogP contribution in [0.25, 0.3) is 4.96 Å². The van der Waals surface area contributed by atoms with Gasteiger partial charge >= 0.3 is 6.03 Å². The summed E-state index contributed by atoms with van der Waals surface area (Å²) in [5.74, 6) is -0.822. The van der Waals surface area contributed by atoms with Gasteiger partial charge in [-0.25, -0.2) is 9.78 Å². The van der Waals surface area contributed by atoms with Crippen molar-refractivity contribution in [3.05, 3.63) is 33.7 Å². The smallest absolute Gasteiger partial charge is 0.322 e. The Morgan fingerprint density at radius 2 is 2.08 bits per heavy atom. The Hall–Kier alpha value is -2.75. The van der Waals surface area contributed by atoms with E-state index in [1.807, 2.05) is 0 Å². The van der Waals surface area contributed by atoms with Gasteiger partial charge in [0.2, 0.25) is 0 Å². The lowest BCUT2D eigenvalue weighted by Crippen LogP contribution is -2.52. The second kappa shape index (κ2) is 5.90. The van der Waals surface area contributed by atoms with Crippen LogP contribution < -0.4 is 16.3 Å². The maximum absolute atomic E-state index is 12.8. The number of carbonyl (C=O) groups excluding carboxylic acids is 3. The number of urea groups is 1. The Bertz CT molecular complexity index is 972. The molecule has 1 saturated carbocycles. The van der Waals surface area contributed by atoms with Gasteiger partial charge in [-0.05, 0) is 31.6 Å². The Kier molecular flexibility index (Phi) is 3.79. The summed E-state index contributed by atoms with van der Waals surface area (Å²) in [7, 11) is 0. The van der Waals surface area contributed by atoms with Gasteiger partial charge in [0.05, 0.1) is 0 Å². The molecular formula is C16H17N5O4S. The van der Waals surface area contributed by atoms with Crippen LogP contribution >= 0.6 is 11.3 Å². The van der Waals surface area contributed by atoms with Crippen molar-refractivity contribution in [2.75, 3.05) is 0 Å². The molecule has 0 aromatic carbocycles. The van der Waals surface area contributed by atoms with E-state index in [0.29, 0.717) is 28.7 Å². The highest BCUT2D eigenvalue weighted by molar-refractivity contribution is 7.15. The molecule has 1 aliphatic carbocycles. The Morgan fingerprint density at radius 3 is 2.81 bits per heavy atom. The third-order valence-corrected chi connectivity index (χ3v) is 5.86. The van der Waals surface area contributed by atoms with Gasteiger partial charge in [-0.2, -0.15) is 5.01 Å². The first-order valence-electron chi connectivity index (χ1n) is 8.34. The molecule has 2 aliphatic rings. The number of aromatic nitrogens is 2. The third kappa shape index (κ3) is 2.48. The predicted molar refractivity (Wildman–Crippen MR) is 92.5 cm³/mol. The van der Waals surface area contributed by atoms with Crippen LogP contribution in [0.3, 0.4) is 0 Å². The van der Waals surface area contributed by atoms with Gasteiger partial charge in [-0.15, -0.1) is 11.3 Å². The van der Waals surface area contributed by atoms with Crippen LogP contribution in [0.2, 0.25) is 0 Å². The van der Waals surface area contributed by atoms with E-state index >= 15 is 0 Å². The highest BCUT2D eigenvalue weighted by atomic mass is 32.1. The molecule has 26 heavy (non-hydrogen) atoms. The maximum Gasteiger partial charge on any atom is 0.344 e. The summed E-state index contributed by atoms with van der Waals surface area (Å²) in [6.45, 7) is 2.11. The number of thiazole rings is 1. The van der Waals surface area contributed by atoms with Crippen LogP contribution in [0.4, 0.5) is 4.79 Å². The van der Waals surface area contributed by atoms with Gasteiger partial charge in [-0.3, -0.25) is 24.2 Å². The Labute approximate surface area is 152 Å². The highest BCUT2D eigenvalue weighted by Gasteiger charge is 2.53. The van der Waals surface area contributed by atoms with Crippen molar-refractivity contribution < 1.29 is 14.4 Å². The molecule has 3 heterocycles. The summed E-state index contributed by atoms with van der Waals surface area (Å²) in [5, 5.41) is 5.07. The van der Waals surface area contributed by atoms with Crippen LogP contribution in [0.15, 0.2) is 22.6 Å². The number of hydrogen-bond acceptors (Lipinski definition) is 6. The average Bonchev–Trinajstić information content (AvgIpc) is 3.18. The summed E-state index contributed by atoms with van der Waals surface area (Å²) >= 11 is 1.26. The average molecular weight is 375 g/mol. The van der Waals surface area contributed by atoms with Crippen LogP contribution in [-0.2, 0) is 4.79 Å². The van der Waals surface area contributed by atoms with Crippen molar-refractivity contribution in [2.45, 2.75) is 38.1 Å². The summed E-state index contributed by atoms with van der Waals surface area (Å²) in [6.07, 6.45) is 5.40. The van der Waals surface area contributed by atoms with Gasteiger partial charge in [0, 0.05) is 17.8 Å². The molecule has 10 heteroatoms. The largest absolute Gasteiger partial charge is 0.344 e. The fourth-order valence-electron chi connectivity index (χ4n) is 3.46. The topological polar surface area (TPSA) is 113 Å². The minimum atomic E-state index is -0.957. The molecular weight excluding hydrogens is 358 g/mol. The van der Waals surface area contributed by atoms with E-state index in [0.717, 1.165) is 19.0 Å². The fourth-order valence-corrected chi connectivity index (χ4v) is 4.13. The second-order valence-corrected chi connectivity index (χ2v) is 7.68. The van der Waals surface area contributed by atoms with Crippen molar-refractivity contribution >= 4 is 34.1 Å². The summed E-state index contributed by atoms with van der Waals surface area (Å²) in [5.41, 5.74) is 0.511. The normalized spacial score (nSPS) is 25.7. The van der Waals surface area contributed by atoms with Crippen LogP contribution in [0, 0.1) is 5.92 Å². The van der Waals surface area contributed by atoms with E-state index < -0.39 is 28.9 Å². The number of nitrogens with one attached hydrogen (secondary N) is 2. The molecule has 9 nitrogen and oxygen atoms in total. The van der Waals surface area contributed by atoms with Crippen molar-refractivity contribution in [2.24, 2.45) is 5.92 Å². The minimum absolute atomic E-state index is 0.236. The van der Waals surface area contributed by atoms with Crippen LogP contribution in [0.5, 0.6) is 0 Å². The lowest BCUT2D eigenvalue weighted by Gasteiger charge is -2.33. The van der Waals surface area contributed by atoms with Gasteiger partial charge in [-0.1, -0.05) is 6.92 Å². The van der Waals surface area contributed by atoms with E-state index in [1.165, 1.54) is 21.9 Å². The Morgan fingerprint density at radius 1 is 1.35 bits per heavy atom. The van der Waals surface area contributed by atoms with Gasteiger partial charge < -0.3 is 5.32 Å². The molecule has 136 valence electrons. The van der Waals surface area contributed by atoms with E-state index in [9.17, 15) is 19.2 Å². The molecule has 1 spiro atoms. The zero-order valence-electron chi connectivity index (χ0n) is 14.0. The van der Waals surface area contributed by atoms with Crippen molar-refractivity contribution in [3.8, 4) is 0 Å². The monoisotopic (exact) mass is 375 g/mol. The molecule has 1 saturated heterocycles. The highest BCUT2D eigenvalue weighted by Crippen LogP contribution is 2.35. The lowest BCUT2D eigenvalue weighted by atomic mass is 9.77. The Balaban J connectivity index is 1.57. The molecule has 0 atom stereocenters. The number of rotatable bonds is 2. The van der Waals surface area contributed by atoms with Crippen LogP contribution in [0.1, 0.15) is 43.0 Å². The standard InChI is InChI=1S/C16H17N5O4S/c1-9-2-4-16(5-3-9)13(24)21(14(25)18-16)19-11(22)10-8-17-15-20(12(10)23)6-7-26-15/h6-9H,2-5H2,1H3,(H,18,25)(H,19,22). The fraction of sp³-hybridized carbons (Fsp3) is 0.438. The SMILES string of the molecule is CC1CCC2(CC1)NC(=O)N(NC(=O)c1cnc3sccn3c1=O)C2=O. The molecule has 0 unspecified atom stereocenters. The molecule has 2 N–H and O–H groups in total. The molecule has 4 amide bonds. The van der Waals surface area contributed by atoms with Gasteiger partial charge in [0.25, 0.3) is 17.4 Å². The lowest BCUT2D eigenvalue weighted by molar-refractivity contribution is -0.134. The predicted octanol–water partition coefficient (Wildman–Crippen LogP) is 0.901. The second-order valence-electron chi connectivity index (χ2n) is 6.81. The molecule has 4 rings (SSSR count). The first-order valence-corrected chi connectivity index (χ1v) is 9.22.